The van der Waals surface area contributed by atoms with E-state index < -0.39 is 0 Å². The van der Waals surface area contributed by atoms with E-state index in [2.05, 4.69) is 31.4 Å². The molecule has 3 heterocycles. The molecule has 2 aromatic carbocycles. The lowest BCUT2D eigenvalue weighted by molar-refractivity contribution is 0.420. The fraction of sp³-hybridized carbons (Fsp3) is 0.250. The molecule has 0 amide bonds. The second kappa shape index (κ2) is 8.92. The summed E-state index contributed by atoms with van der Waals surface area (Å²) in [6.07, 6.45) is 11.3. The highest BCUT2D eigenvalue weighted by molar-refractivity contribution is 7.16. The summed E-state index contributed by atoms with van der Waals surface area (Å²) in [6, 6.07) is 10.1. The molecular formula is C24H24N6OS. The first-order valence-electron chi connectivity index (χ1n) is 10.6. The Morgan fingerprint density at radius 2 is 1.81 bits per heavy atom. The highest BCUT2D eigenvalue weighted by Crippen LogP contribution is 2.36. The van der Waals surface area contributed by atoms with Crippen molar-refractivity contribution in [2.24, 2.45) is 7.05 Å². The standard InChI is InChI=1S/C20H16N6OS.C4H8/c1-26-9-13(8-24-26)12-5-16-19(17(6-12)27-2)20(22-10-21-16)25-14-3-4-15-18(7-14)28-11-23-15;1-2-4-3-1/h3-11H,1-2H3,(H,21,22,25);1-4H2. The molecule has 162 valence electrons. The van der Waals surface area contributed by atoms with Gasteiger partial charge in [-0.2, -0.15) is 5.10 Å². The molecule has 0 atom stereocenters. The van der Waals surface area contributed by atoms with Crippen LogP contribution in [0.2, 0.25) is 0 Å². The third kappa shape index (κ3) is 4.13. The zero-order chi connectivity index (χ0) is 21.9. The maximum atomic E-state index is 5.68. The van der Waals surface area contributed by atoms with Crippen LogP contribution in [0.4, 0.5) is 11.5 Å². The van der Waals surface area contributed by atoms with Gasteiger partial charge in [0.1, 0.15) is 17.9 Å². The molecule has 0 bridgehead atoms. The molecule has 0 spiro atoms. The van der Waals surface area contributed by atoms with E-state index in [9.17, 15) is 0 Å². The smallest absolute Gasteiger partial charge is 0.145 e. The summed E-state index contributed by atoms with van der Waals surface area (Å²) in [7, 11) is 3.55. The van der Waals surface area contributed by atoms with Crippen molar-refractivity contribution in [2.45, 2.75) is 25.7 Å². The van der Waals surface area contributed by atoms with Crippen LogP contribution in [0, 0.1) is 0 Å². The van der Waals surface area contributed by atoms with E-state index in [0.29, 0.717) is 11.6 Å². The maximum Gasteiger partial charge on any atom is 0.145 e. The van der Waals surface area contributed by atoms with Crippen molar-refractivity contribution in [1.82, 2.24) is 24.7 Å². The van der Waals surface area contributed by atoms with Crippen LogP contribution in [0.3, 0.4) is 0 Å². The van der Waals surface area contributed by atoms with Gasteiger partial charge in [0.15, 0.2) is 0 Å². The molecule has 5 aromatic rings. The van der Waals surface area contributed by atoms with Crippen molar-refractivity contribution < 1.29 is 4.74 Å². The number of thiazole rings is 1. The topological polar surface area (TPSA) is 77.8 Å². The fourth-order valence-electron chi connectivity index (χ4n) is 3.47. The highest BCUT2D eigenvalue weighted by Gasteiger charge is 2.14. The van der Waals surface area contributed by atoms with Gasteiger partial charge in [0.2, 0.25) is 0 Å². The average Bonchev–Trinajstić information content (AvgIpc) is 3.40. The summed E-state index contributed by atoms with van der Waals surface area (Å²) in [6.45, 7) is 0. The number of aromatic nitrogens is 5. The Bertz CT molecular complexity index is 1370. The van der Waals surface area contributed by atoms with Gasteiger partial charge in [-0.25, -0.2) is 15.0 Å². The third-order valence-corrected chi connectivity index (χ3v) is 6.35. The number of rotatable bonds is 4. The Hall–Kier alpha value is -3.52. The molecule has 1 aliphatic carbocycles. The monoisotopic (exact) mass is 444 g/mol. The van der Waals surface area contributed by atoms with Gasteiger partial charge in [-0.05, 0) is 35.9 Å². The Kier molecular flexibility index (Phi) is 5.68. The van der Waals surface area contributed by atoms with E-state index >= 15 is 0 Å². The number of anilines is 2. The summed E-state index contributed by atoms with van der Waals surface area (Å²) in [5.74, 6) is 1.40. The molecule has 0 radical (unpaired) electrons. The predicted octanol–water partition coefficient (Wildman–Crippen LogP) is 5.95. The van der Waals surface area contributed by atoms with Crippen LogP contribution >= 0.6 is 11.3 Å². The minimum atomic E-state index is 0.698. The van der Waals surface area contributed by atoms with E-state index in [1.165, 1.54) is 25.7 Å². The number of nitrogens with one attached hydrogen (secondary N) is 1. The first-order valence-corrected chi connectivity index (χ1v) is 11.5. The number of hydrogen-bond acceptors (Lipinski definition) is 7. The quantitative estimate of drug-likeness (QED) is 0.369. The van der Waals surface area contributed by atoms with Gasteiger partial charge in [-0.15, -0.1) is 11.3 Å². The van der Waals surface area contributed by atoms with E-state index in [1.54, 1.807) is 29.5 Å². The zero-order valence-electron chi connectivity index (χ0n) is 18.1. The molecule has 1 N–H and O–H groups in total. The van der Waals surface area contributed by atoms with Crippen LogP contribution in [0.5, 0.6) is 5.75 Å². The molecule has 0 saturated heterocycles. The number of nitrogens with zero attached hydrogens (tertiary/aromatic N) is 5. The summed E-state index contributed by atoms with van der Waals surface area (Å²) in [4.78, 5) is 13.2. The Morgan fingerprint density at radius 1 is 0.969 bits per heavy atom. The molecule has 0 aliphatic heterocycles. The Balaban J connectivity index is 0.000000489. The summed E-state index contributed by atoms with van der Waals surface area (Å²) in [5, 5.41) is 8.48. The molecule has 1 fully saturated rings. The van der Waals surface area contributed by atoms with Crippen molar-refractivity contribution in [3.05, 3.63) is 54.6 Å². The molecule has 6 rings (SSSR count). The SMILES string of the molecule is C1CCC1.COc1cc(-c2cnn(C)c2)cc2ncnc(Nc3ccc4ncsc4c3)c12. The van der Waals surface area contributed by atoms with Crippen LogP contribution < -0.4 is 10.1 Å². The van der Waals surface area contributed by atoms with Crippen molar-refractivity contribution in [1.29, 1.82) is 0 Å². The lowest BCUT2D eigenvalue weighted by Crippen LogP contribution is -1.98. The highest BCUT2D eigenvalue weighted by atomic mass is 32.1. The number of hydrogen-bond donors (Lipinski definition) is 1. The molecule has 32 heavy (non-hydrogen) atoms. The number of aryl methyl sites for hydroxylation is 1. The Morgan fingerprint density at radius 3 is 2.53 bits per heavy atom. The van der Waals surface area contributed by atoms with Crippen molar-refractivity contribution in [3.63, 3.8) is 0 Å². The third-order valence-electron chi connectivity index (χ3n) is 5.55. The minimum absolute atomic E-state index is 0.698. The molecule has 8 heteroatoms. The van der Waals surface area contributed by atoms with E-state index in [4.69, 9.17) is 4.74 Å². The van der Waals surface area contributed by atoms with Gasteiger partial charge >= 0.3 is 0 Å². The van der Waals surface area contributed by atoms with Crippen molar-refractivity contribution >= 4 is 44.0 Å². The van der Waals surface area contributed by atoms with Gasteiger partial charge in [0, 0.05) is 24.5 Å². The van der Waals surface area contributed by atoms with Crippen LogP contribution in [0.1, 0.15) is 25.7 Å². The van der Waals surface area contributed by atoms with Gasteiger partial charge in [0.25, 0.3) is 0 Å². The average molecular weight is 445 g/mol. The summed E-state index contributed by atoms with van der Waals surface area (Å²) >= 11 is 1.61. The fourth-order valence-corrected chi connectivity index (χ4v) is 4.18. The van der Waals surface area contributed by atoms with Crippen LogP contribution in [0.25, 0.3) is 32.2 Å². The van der Waals surface area contributed by atoms with Gasteiger partial charge in [-0.1, -0.05) is 25.7 Å². The van der Waals surface area contributed by atoms with Gasteiger partial charge < -0.3 is 10.1 Å². The lowest BCUT2D eigenvalue weighted by Gasteiger charge is -2.13. The number of methoxy groups -OCH3 is 1. The van der Waals surface area contributed by atoms with E-state index in [0.717, 1.165) is 37.9 Å². The summed E-state index contributed by atoms with van der Waals surface area (Å²) < 4.78 is 8.57. The molecule has 1 saturated carbocycles. The van der Waals surface area contributed by atoms with Crippen LogP contribution in [0.15, 0.2) is 54.6 Å². The van der Waals surface area contributed by atoms with Gasteiger partial charge in [0.05, 0.1) is 39.9 Å². The van der Waals surface area contributed by atoms with Crippen LogP contribution in [-0.4, -0.2) is 31.8 Å². The normalized spacial score (nSPS) is 12.8. The lowest BCUT2D eigenvalue weighted by atomic mass is 10.0. The number of ether oxygens (including phenoxy) is 1. The summed E-state index contributed by atoms with van der Waals surface area (Å²) in [5.41, 5.74) is 6.57. The first-order chi connectivity index (χ1) is 15.7. The van der Waals surface area contributed by atoms with E-state index in [1.807, 2.05) is 49.2 Å². The van der Waals surface area contributed by atoms with Gasteiger partial charge in [-0.3, -0.25) is 4.68 Å². The van der Waals surface area contributed by atoms with E-state index in [-0.39, 0.29) is 0 Å². The molecule has 3 aromatic heterocycles. The molecule has 7 nitrogen and oxygen atoms in total. The second-order valence-corrected chi connectivity index (χ2v) is 8.66. The Labute approximate surface area is 190 Å². The van der Waals surface area contributed by atoms with Crippen molar-refractivity contribution in [2.75, 3.05) is 12.4 Å². The minimum Gasteiger partial charge on any atom is -0.496 e. The van der Waals surface area contributed by atoms with Crippen molar-refractivity contribution in [3.8, 4) is 16.9 Å². The van der Waals surface area contributed by atoms with Crippen LogP contribution in [-0.2, 0) is 7.05 Å². The number of benzene rings is 2. The second-order valence-electron chi connectivity index (χ2n) is 7.77. The molecular weight excluding hydrogens is 420 g/mol. The number of fused-ring (bicyclic) bond motifs is 2. The molecule has 1 aliphatic rings. The first kappa shape index (κ1) is 20.4. The molecule has 0 unspecified atom stereocenters. The maximum absolute atomic E-state index is 5.68. The predicted molar refractivity (Wildman–Crippen MR) is 130 cm³/mol. The zero-order valence-corrected chi connectivity index (χ0v) is 18.9. The largest absolute Gasteiger partial charge is 0.496 e.